The SMILES string of the molecule is CON(C)CC(C)N(C)CC[Si](OC)(OC)OC. The zero-order chi connectivity index (χ0) is 14.2. The fourth-order valence-corrected chi connectivity index (χ4v) is 3.41. The van der Waals surface area contributed by atoms with Crippen LogP contribution in [0.25, 0.3) is 0 Å². The predicted molar refractivity (Wildman–Crippen MR) is 73.3 cm³/mol. The number of likely N-dealkylation sites (N-methyl/N-ethyl adjacent to an activating group) is 2. The van der Waals surface area contributed by atoms with Crippen molar-refractivity contribution in [1.82, 2.24) is 9.96 Å². The largest absolute Gasteiger partial charge is 0.501 e. The van der Waals surface area contributed by atoms with E-state index in [4.69, 9.17) is 18.1 Å². The third-order valence-electron chi connectivity index (χ3n) is 3.29. The Morgan fingerprint density at radius 2 is 1.50 bits per heavy atom. The van der Waals surface area contributed by atoms with Crippen molar-refractivity contribution in [3.8, 4) is 0 Å². The van der Waals surface area contributed by atoms with Crippen molar-refractivity contribution in [1.29, 1.82) is 0 Å². The number of hydrogen-bond acceptors (Lipinski definition) is 6. The molecule has 0 saturated heterocycles. The highest BCUT2D eigenvalue weighted by atomic mass is 28.4. The summed E-state index contributed by atoms with van der Waals surface area (Å²) < 4.78 is 16.2. The highest BCUT2D eigenvalue weighted by Gasteiger charge is 2.37. The lowest BCUT2D eigenvalue weighted by Crippen LogP contribution is -2.47. The van der Waals surface area contributed by atoms with Crippen LogP contribution in [0.15, 0.2) is 0 Å². The molecule has 0 N–H and O–H groups in total. The molecule has 0 aliphatic carbocycles. The van der Waals surface area contributed by atoms with E-state index in [1.54, 1.807) is 28.4 Å². The van der Waals surface area contributed by atoms with Crippen molar-refractivity contribution < 1.29 is 18.1 Å². The van der Waals surface area contributed by atoms with Crippen molar-refractivity contribution in [2.75, 3.05) is 55.6 Å². The van der Waals surface area contributed by atoms with Crippen LogP contribution in [0.2, 0.25) is 6.04 Å². The van der Waals surface area contributed by atoms with Gasteiger partial charge in [-0.05, 0) is 14.0 Å². The van der Waals surface area contributed by atoms with Crippen LogP contribution in [0.4, 0.5) is 0 Å². The molecule has 6 nitrogen and oxygen atoms in total. The Kier molecular flexibility index (Phi) is 8.96. The first kappa shape index (κ1) is 18.0. The van der Waals surface area contributed by atoms with Crippen LogP contribution in [0.3, 0.4) is 0 Å². The summed E-state index contributed by atoms with van der Waals surface area (Å²) in [6, 6.07) is 1.15. The Bertz CT molecular complexity index is 209. The minimum Gasteiger partial charge on any atom is -0.377 e. The molecule has 0 aliphatic heterocycles. The second kappa shape index (κ2) is 8.97. The van der Waals surface area contributed by atoms with E-state index in [0.717, 1.165) is 19.1 Å². The van der Waals surface area contributed by atoms with E-state index in [1.165, 1.54) is 0 Å². The highest BCUT2D eigenvalue weighted by molar-refractivity contribution is 6.60. The van der Waals surface area contributed by atoms with Gasteiger partial charge in [-0.15, -0.1) is 0 Å². The first-order valence-electron chi connectivity index (χ1n) is 6.05. The van der Waals surface area contributed by atoms with Gasteiger partial charge in [0.1, 0.15) is 0 Å². The quantitative estimate of drug-likeness (QED) is 0.433. The summed E-state index contributed by atoms with van der Waals surface area (Å²) >= 11 is 0. The molecule has 0 radical (unpaired) electrons. The third kappa shape index (κ3) is 5.74. The molecule has 0 saturated carbocycles. The maximum atomic E-state index is 5.40. The van der Waals surface area contributed by atoms with Gasteiger partial charge in [0.15, 0.2) is 0 Å². The summed E-state index contributed by atoms with van der Waals surface area (Å²) in [5.41, 5.74) is 0. The third-order valence-corrected chi connectivity index (χ3v) is 5.99. The maximum absolute atomic E-state index is 5.40. The minimum atomic E-state index is -2.46. The molecule has 0 spiro atoms. The lowest BCUT2D eigenvalue weighted by Gasteiger charge is -2.31. The molecule has 18 heavy (non-hydrogen) atoms. The molecule has 0 aromatic carbocycles. The number of nitrogens with zero attached hydrogens (tertiary/aromatic N) is 2. The van der Waals surface area contributed by atoms with E-state index in [-0.39, 0.29) is 0 Å². The van der Waals surface area contributed by atoms with E-state index >= 15 is 0 Å². The number of hydrogen-bond donors (Lipinski definition) is 0. The van der Waals surface area contributed by atoms with E-state index < -0.39 is 8.80 Å². The van der Waals surface area contributed by atoms with Gasteiger partial charge in [0.2, 0.25) is 0 Å². The standard InChI is InChI=1S/C11H28N2O4Si/c1-11(10-13(3)14-4)12(2)8-9-18(15-5,16-6)17-7/h11H,8-10H2,1-7H3. The molecule has 1 unspecified atom stereocenters. The normalized spacial score (nSPS) is 14.5. The Balaban J connectivity index is 4.18. The Labute approximate surface area is 112 Å². The maximum Gasteiger partial charge on any atom is 0.501 e. The zero-order valence-electron chi connectivity index (χ0n) is 12.7. The lowest BCUT2D eigenvalue weighted by molar-refractivity contribution is -0.118. The Morgan fingerprint density at radius 1 is 1.00 bits per heavy atom. The fourth-order valence-electron chi connectivity index (χ4n) is 1.68. The summed E-state index contributed by atoms with van der Waals surface area (Å²) in [5.74, 6) is 0. The van der Waals surface area contributed by atoms with E-state index in [1.807, 2.05) is 12.1 Å². The molecule has 0 rings (SSSR count). The van der Waals surface area contributed by atoms with Gasteiger partial charge in [0.05, 0.1) is 7.11 Å². The Morgan fingerprint density at radius 3 is 1.89 bits per heavy atom. The van der Waals surface area contributed by atoms with Crippen molar-refractivity contribution in [2.45, 2.75) is 19.0 Å². The van der Waals surface area contributed by atoms with Gasteiger partial charge in [0, 0.05) is 53.6 Å². The Hall–Kier alpha value is -0.0231. The topological polar surface area (TPSA) is 43.4 Å². The summed E-state index contributed by atoms with van der Waals surface area (Å²) in [6.07, 6.45) is 0. The minimum absolute atomic E-state index is 0.382. The van der Waals surface area contributed by atoms with Crippen LogP contribution in [0.1, 0.15) is 6.92 Å². The summed E-state index contributed by atoms with van der Waals surface area (Å²) in [7, 11) is 8.13. The molecular formula is C11H28N2O4Si. The predicted octanol–water partition coefficient (Wildman–Crippen LogP) is 0.678. The average Bonchev–Trinajstić information content (AvgIpc) is 2.40. The lowest BCUT2D eigenvalue weighted by atomic mass is 10.3. The van der Waals surface area contributed by atoms with Crippen molar-refractivity contribution in [2.24, 2.45) is 0 Å². The van der Waals surface area contributed by atoms with Crippen LogP contribution < -0.4 is 0 Å². The highest BCUT2D eigenvalue weighted by Crippen LogP contribution is 2.13. The van der Waals surface area contributed by atoms with Gasteiger partial charge < -0.3 is 23.0 Å². The fraction of sp³-hybridized carbons (Fsp3) is 1.00. The first-order chi connectivity index (χ1) is 8.44. The second-order valence-electron chi connectivity index (χ2n) is 4.37. The monoisotopic (exact) mass is 280 g/mol. The molecule has 7 heteroatoms. The van der Waals surface area contributed by atoms with Crippen molar-refractivity contribution in [3.63, 3.8) is 0 Å². The van der Waals surface area contributed by atoms with Gasteiger partial charge in [-0.2, -0.15) is 5.06 Å². The van der Waals surface area contributed by atoms with Crippen LogP contribution >= 0.6 is 0 Å². The second-order valence-corrected chi connectivity index (χ2v) is 7.46. The molecule has 0 aliphatic rings. The van der Waals surface area contributed by atoms with Gasteiger partial charge in [-0.1, -0.05) is 0 Å². The van der Waals surface area contributed by atoms with Crippen molar-refractivity contribution in [3.05, 3.63) is 0 Å². The molecule has 0 aromatic rings. The molecule has 0 aromatic heterocycles. The molecule has 0 bridgehead atoms. The molecule has 0 heterocycles. The molecule has 1 atom stereocenters. The summed E-state index contributed by atoms with van der Waals surface area (Å²) in [6.45, 7) is 3.86. The van der Waals surface area contributed by atoms with Crippen LogP contribution in [-0.4, -0.2) is 80.4 Å². The summed E-state index contributed by atoms with van der Waals surface area (Å²) in [5, 5.41) is 1.81. The van der Waals surface area contributed by atoms with Gasteiger partial charge in [0.25, 0.3) is 0 Å². The van der Waals surface area contributed by atoms with E-state index in [9.17, 15) is 0 Å². The molecular weight excluding hydrogens is 252 g/mol. The van der Waals surface area contributed by atoms with Crippen LogP contribution in [0, 0.1) is 0 Å². The van der Waals surface area contributed by atoms with Gasteiger partial charge in [-0.3, -0.25) is 0 Å². The smallest absolute Gasteiger partial charge is 0.377 e. The first-order valence-corrected chi connectivity index (χ1v) is 7.98. The average molecular weight is 280 g/mol. The van der Waals surface area contributed by atoms with Crippen molar-refractivity contribution >= 4 is 8.80 Å². The molecule has 0 amide bonds. The number of rotatable bonds is 10. The van der Waals surface area contributed by atoms with Crippen LogP contribution in [-0.2, 0) is 18.1 Å². The van der Waals surface area contributed by atoms with Crippen LogP contribution in [0.5, 0.6) is 0 Å². The number of hydroxylamine groups is 2. The van der Waals surface area contributed by atoms with Gasteiger partial charge >= 0.3 is 8.80 Å². The van der Waals surface area contributed by atoms with E-state index in [2.05, 4.69) is 18.9 Å². The molecule has 0 fully saturated rings. The summed E-state index contributed by atoms with van der Waals surface area (Å²) in [4.78, 5) is 7.37. The van der Waals surface area contributed by atoms with Gasteiger partial charge in [-0.25, -0.2) is 0 Å². The molecule has 110 valence electrons. The zero-order valence-corrected chi connectivity index (χ0v) is 13.7. The van der Waals surface area contributed by atoms with E-state index in [0.29, 0.717) is 6.04 Å².